The molecule has 0 spiro atoms. The van der Waals surface area contributed by atoms with Crippen molar-refractivity contribution >= 4 is 23.4 Å². The Morgan fingerprint density at radius 3 is 2.72 bits per heavy atom. The molecule has 0 unspecified atom stereocenters. The number of benzene rings is 1. The van der Waals surface area contributed by atoms with Crippen molar-refractivity contribution in [3.8, 4) is 11.1 Å². The minimum atomic E-state index is 0.0212. The summed E-state index contributed by atoms with van der Waals surface area (Å²) in [5.74, 6) is 0.0212. The zero-order valence-electron chi connectivity index (χ0n) is 13.8. The molecule has 4 nitrogen and oxygen atoms in total. The van der Waals surface area contributed by atoms with Crippen LogP contribution in [-0.4, -0.2) is 28.7 Å². The minimum absolute atomic E-state index is 0.0212. The molecule has 25 heavy (non-hydrogen) atoms. The first-order valence-corrected chi connectivity index (χ1v) is 9.34. The Morgan fingerprint density at radius 1 is 1.08 bits per heavy atom. The van der Waals surface area contributed by atoms with E-state index in [1.165, 1.54) is 17.3 Å². The highest BCUT2D eigenvalue weighted by molar-refractivity contribution is 7.98. The molecule has 1 aromatic carbocycles. The van der Waals surface area contributed by atoms with Crippen LogP contribution < -0.4 is 4.90 Å². The van der Waals surface area contributed by atoms with Crippen LogP contribution >= 0.6 is 11.8 Å². The second-order valence-corrected chi connectivity index (χ2v) is 6.64. The number of amides is 1. The van der Waals surface area contributed by atoms with Crippen LogP contribution in [0.1, 0.15) is 15.9 Å². The third kappa shape index (κ3) is 2.91. The Labute approximate surface area is 150 Å². The fourth-order valence-electron chi connectivity index (χ4n) is 3.20. The molecule has 4 rings (SSSR count). The molecule has 0 atom stereocenters. The normalized spacial score (nSPS) is 12.9. The van der Waals surface area contributed by atoms with Crippen molar-refractivity contribution in [2.45, 2.75) is 11.4 Å². The molecule has 0 saturated carbocycles. The molecule has 5 heteroatoms. The topological polar surface area (TPSA) is 46.1 Å². The lowest BCUT2D eigenvalue weighted by Crippen LogP contribution is -2.29. The van der Waals surface area contributed by atoms with Crippen molar-refractivity contribution < 1.29 is 4.79 Å². The molecule has 1 amide bonds. The number of hydrogen-bond donors (Lipinski definition) is 0. The molecule has 0 N–H and O–H groups in total. The van der Waals surface area contributed by atoms with Gasteiger partial charge in [-0.25, -0.2) is 4.98 Å². The highest BCUT2D eigenvalue weighted by Crippen LogP contribution is 2.34. The van der Waals surface area contributed by atoms with Gasteiger partial charge in [-0.1, -0.05) is 6.07 Å². The average Bonchev–Trinajstić information content (AvgIpc) is 3.11. The maximum absolute atomic E-state index is 13.0. The van der Waals surface area contributed by atoms with Crippen molar-refractivity contribution in [2.75, 3.05) is 17.7 Å². The summed E-state index contributed by atoms with van der Waals surface area (Å²) in [7, 11) is 0. The van der Waals surface area contributed by atoms with Crippen LogP contribution in [0.15, 0.2) is 66.1 Å². The van der Waals surface area contributed by atoms with Crippen LogP contribution in [0.3, 0.4) is 0 Å². The highest BCUT2D eigenvalue weighted by atomic mass is 32.2. The van der Waals surface area contributed by atoms with Crippen LogP contribution in [0.25, 0.3) is 11.1 Å². The fraction of sp³-hybridized carbons (Fsp3) is 0.150. The largest absolute Gasteiger partial charge is 0.308 e. The predicted molar refractivity (Wildman–Crippen MR) is 101 cm³/mol. The first-order chi connectivity index (χ1) is 12.3. The van der Waals surface area contributed by atoms with Crippen LogP contribution in [0.2, 0.25) is 0 Å². The van der Waals surface area contributed by atoms with Crippen molar-refractivity contribution in [3.05, 3.63) is 72.2 Å². The van der Waals surface area contributed by atoms with Crippen molar-refractivity contribution in [2.24, 2.45) is 0 Å². The van der Waals surface area contributed by atoms with Gasteiger partial charge in [0.25, 0.3) is 5.91 Å². The number of hydrogen-bond acceptors (Lipinski definition) is 4. The van der Waals surface area contributed by atoms with E-state index in [4.69, 9.17) is 0 Å². The Morgan fingerprint density at radius 2 is 1.92 bits per heavy atom. The second kappa shape index (κ2) is 6.69. The SMILES string of the molecule is CSc1ncccc1C(=O)N1CCc2cc(-c3ccncc3)ccc21. The molecule has 1 aliphatic rings. The van der Waals surface area contributed by atoms with E-state index < -0.39 is 0 Å². The van der Waals surface area contributed by atoms with E-state index in [1.807, 2.05) is 41.5 Å². The van der Waals surface area contributed by atoms with Crippen LogP contribution in [0, 0.1) is 0 Å². The van der Waals surface area contributed by atoms with Crippen LogP contribution in [0.5, 0.6) is 0 Å². The summed E-state index contributed by atoms with van der Waals surface area (Å²) < 4.78 is 0. The van der Waals surface area contributed by atoms with Crippen molar-refractivity contribution in [3.63, 3.8) is 0 Å². The molecule has 0 fully saturated rings. The van der Waals surface area contributed by atoms with Crippen molar-refractivity contribution in [1.82, 2.24) is 9.97 Å². The van der Waals surface area contributed by atoms with Gasteiger partial charge in [0.1, 0.15) is 5.03 Å². The maximum Gasteiger partial charge on any atom is 0.261 e. The number of carbonyl (C=O) groups is 1. The second-order valence-electron chi connectivity index (χ2n) is 5.85. The highest BCUT2D eigenvalue weighted by Gasteiger charge is 2.27. The molecule has 0 radical (unpaired) electrons. The molecule has 0 bridgehead atoms. The van der Waals surface area contributed by atoms with Gasteiger partial charge >= 0.3 is 0 Å². The van der Waals surface area contributed by atoms with E-state index in [9.17, 15) is 4.79 Å². The monoisotopic (exact) mass is 347 g/mol. The number of nitrogens with zero attached hydrogens (tertiary/aromatic N) is 3. The molecular formula is C20H17N3OS. The number of rotatable bonds is 3. The number of thioether (sulfide) groups is 1. The summed E-state index contributed by atoms with van der Waals surface area (Å²) in [4.78, 5) is 23.2. The molecule has 0 aliphatic carbocycles. The Balaban J connectivity index is 1.67. The molecule has 3 heterocycles. The lowest BCUT2D eigenvalue weighted by molar-refractivity contribution is 0.0986. The third-order valence-corrected chi connectivity index (χ3v) is 5.14. The molecular weight excluding hydrogens is 330 g/mol. The third-order valence-electron chi connectivity index (χ3n) is 4.43. The summed E-state index contributed by atoms with van der Waals surface area (Å²) in [6.07, 6.45) is 8.13. The summed E-state index contributed by atoms with van der Waals surface area (Å²) >= 11 is 1.50. The van der Waals surface area contributed by atoms with E-state index in [2.05, 4.69) is 22.1 Å². The quantitative estimate of drug-likeness (QED) is 0.670. The Bertz CT molecular complexity index is 927. The van der Waals surface area contributed by atoms with E-state index in [-0.39, 0.29) is 5.91 Å². The Kier molecular flexibility index (Phi) is 4.24. The van der Waals surface area contributed by atoms with Crippen LogP contribution in [0.4, 0.5) is 5.69 Å². The maximum atomic E-state index is 13.0. The van der Waals surface area contributed by atoms with Gasteiger partial charge in [-0.15, -0.1) is 11.8 Å². The van der Waals surface area contributed by atoms with Gasteiger partial charge in [-0.05, 0) is 65.8 Å². The average molecular weight is 347 g/mol. The van der Waals surface area contributed by atoms with E-state index in [0.29, 0.717) is 12.1 Å². The molecule has 0 saturated heterocycles. The number of fused-ring (bicyclic) bond motifs is 1. The summed E-state index contributed by atoms with van der Waals surface area (Å²) in [5, 5.41) is 0.773. The van der Waals surface area contributed by atoms with Gasteiger partial charge in [-0.3, -0.25) is 9.78 Å². The molecule has 3 aromatic rings. The van der Waals surface area contributed by atoms with Gasteiger partial charge in [0, 0.05) is 30.8 Å². The smallest absolute Gasteiger partial charge is 0.261 e. The van der Waals surface area contributed by atoms with E-state index in [1.54, 1.807) is 18.6 Å². The summed E-state index contributed by atoms with van der Waals surface area (Å²) in [6.45, 7) is 0.705. The van der Waals surface area contributed by atoms with Gasteiger partial charge in [0.15, 0.2) is 0 Å². The predicted octanol–water partition coefficient (Wildman–Crippen LogP) is 4.07. The lowest BCUT2D eigenvalue weighted by Gasteiger charge is -2.18. The number of carbonyl (C=O) groups excluding carboxylic acids is 1. The zero-order chi connectivity index (χ0) is 17.2. The first kappa shape index (κ1) is 15.8. The van der Waals surface area contributed by atoms with Crippen LogP contribution in [-0.2, 0) is 6.42 Å². The van der Waals surface area contributed by atoms with Crippen molar-refractivity contribution in [1.29, 1.82) is 0 Å². The molecule has 2 aromatic heterocycles. The minimum Gasteiger partial charge on any atom is -0.308 e. The Hall–Kier alpha value is -2.66. The number of aromatic nitrogens is 2. The van der Waals surface area contributed by atoms with E-state index >= 15 is 0 Å². The summed E-state index contributed by atoms with van der Waals surface area (Å²) in [6, 6.07) is 14.0. The number of anilines is 1. The van der Waals surface area contributed by atoms with Gasteiger partial charge in [-0.2, -0.15) is 0 Å². The van der Waals surface area contributed by atoms with Gasteiger partial charge < -0.3 is 4.90 Å². The molecule has 1 aliphatic heterocycles. The first-order valence-electron chi connectivity index (χ1n) is 8.12. The molecule has 124 valence electrons. The number of pyridine rings is 2. The fourth-order valence-corrected chi connectivity index (χ4v) is 3.74. The van der Waals surface area contributed by atoms with E-state index in [0.717, 1.165) is 28.3 Å². The van der Waals surface area contributed by atoms with Gasteiger partial charge in [0.05, 0.1) is 5.56 Å². The standard InChI is InChI=1S/C20H17N3OS/c1-25-19-17(3-2-9-22-19)20(24)23-12-8-16-13-15(4-5-18(16)23)14-6-10-21-11-7-14/h2-7,9-11,13H,8,12H2,1H3. The zero-order valence-corrected chi connectivity index (χ0v) is 14.7. The lowest BCUT2D eigenvalue weighted by atomic mass is 10.0. The van der Waals surface area contributed by atoms with Gasteiger partial charge in [0.2, 0.25) is 0 Å². The summed E-state index contributed by atoms with van der Waals surface area (Å²) in [5.41, 5.74) is 5.16.